The number of anilines is 1. The van der Waals surface area contributed by atoms with Gasteiger partial charge in [-0.3, -0.25) is 19.7 Å². The Kier molecular flexibility index (Phi) is 6.81. The molecule has 0 spiro atoms. The summed E-state index contributed by atoms with van der Waals surface area (Å²) >= 11 is 0. The fourth-order valence-electron chi connectivity index (χ4n) is 2.21. The molecule has 0 atom stereocenters. The van der Waals surface area contributed by atoms with Gasteiger partial charge in [-0.2, -0.15) is 0 Å². The highest BCUT2D eigenvalue weighted by atomic mass is 16.6. The smallest absolute Gasteiger partial charge is 0.270 e. The molecule has 26 heavy (non-hydrogen) atoms. The predicted octanol–water partition coefficient (Wildman–Crippen LogP) is 2.15. The number of nitro groups is 1. The lowest BCUT2D eigenvalue weighted by molar-refractivity contribution is -0.384. The fraction of sp³-hybridized carbons (Fsp3) is 0.222. The quantitative estimate of drug-likeness (QED) is 0.427. The van der Waals surface area contributed by atoms with E-state index < -0.39 is 10.8 Å². The lowest BCUT2D eigenvalue weighted by Crippen LogP contribution is -2.28. The molecule has 2 aromatic carbocycles. The standard InChI is InChI=1S/C18H19N3O5/c1-26-10-9-19-17(22)11-13-5-7-15(8-6-13)20-18(23)14-3-2-4-16(12-14)21(24)25/h2-8,12H,9-11H2,1H3,(H,19,22)(H,20,23). The number of carbonyl (C=O) groups excluding carboxylic acids is 2. The molecule has 0 fully saturated rings. The Labute approximate surface area is 150 Å². The van der Waals surface area contributed by atoms with Gasteiger partial charge in [-0.25, -0.2) is 0 Å². The van der Waals surface area contributed by atoms with E-state index in [-0.39, 0.29) is 23.6 Å². The summed E-state index contributed by atoms with van der Waals surface area (Å²) in [5, 5.41) is 16.2. The van der Waals surface area contributed by atoms with E-state index in [9.17, 15) is 19.7 Å². The van der Waals surface area contributed by atoms with Gasteiger partial charge in [0, 0.05) is 37.0 Å². The van der Waals surface area contributed by atoms with Crippen LogP contribution < -0.4 is 10.6 Å². The molecule has 0 saturated heterocycles. The van der Waals surface area contributed by atoms with Crippen molar-refractivity contribution in [2.45, 2.75) is 6.42 Å². The monoisotopic (exact) mass is 357 g/mol. The Bertz CT molecular complexity index is 790. The maximum atomic E-state index is 12.2. The van der Waals surface area contributed by atoms with Gasteiger partial charge in [-0.1, -0.05) is 18.2 Å². The fourth-order valence-corrected chi connectivity index (χ4v) is 2.21. The van der Waals surface area contributed by atoms with Gasteiger partial charge in [0.15, 0.2) is 0 Å². The second kappa shape index (κ2) is 9.28. The minimum atomic E-state index is -0.552. The number of ether oxygens (including phenoxy) is 1. The first kappa shape index (κ1) is 19.1. The van der Waals surface area contributed by atoms with Gasteiger partial charge in [-0.15, -0.1) is 0 Å². The molecular weight excluding hydrogens is 338 g/mol. The zero-order chi connectivity index (χ0) is 18.9. The Morgan fingerprint density at radius 2 is 1.88 bits per heavy atom. The molecule has 0 saturated carbocycles. The minimum Gasteiger partial charge on any atom is -0.383 e. The highest BCUT2D eigenvalue weighted by Gasteiger charge is 2.12. The summed E-state index contributed by atoms with van der Waals surface area (Å²) < 4.78 is 4.86. The molecule has 2 amide bonds. The van der Waals surface area contributed by atoms with E-state index in [1.807, 2.05) is 0 Å². The molecule has 2 N–H and O–H groups in total. The molecule has 0 heterocycles. The number of amides is 2. The lowest BCUT2D eigenvalue weighted by Gasteiger charge is -2.07. The number of non-ortho nitro benzene ring substituents is 1. The van der Waals surface area contributed by atoms with Crippen molar-refractivity contribution in [1.82, 2.24) is 5.32 Å². The number of nitro benzene ring substituents is 1. The van der Waals surface area contributed by atoms with Crippen LogP contribution >= 0.6 is 0 Å². The second-order valence-corrected chi connectivity index (χ2v) is 5.48. The third-order valence-corrected chi connectivity index (χ3v) is 3.52. The highest BCUT2D eigenvalue weighted by molar-refractivity contribution is 6.04. The summed E-state index contributed by atoms with van der Waals surface area (Å²) in [6.07, 6.45) is 0.225. The molecule has 8 nitrogen and oxygen atoms in total. The summed E-state index contributed by atoms with van der Waals surface area (Å²) in [6.45, 7) is 0.904. The Hall–Kier alpha value is -3.26. The van der Waals surface area contributed by atoms with Crippen molar-refractivity contribution in [2.24, 2.45) is 0 Å². The Morgan fingerprint density at radius 3 is 2.54 bits per heavy atom. The first-order valence-corrected chi connectivity index (χ1v) is 7.90. The number of hydrogen-bond acceptors (Lipinski definition) is 5. The third-order valence-electron chi connectivity index (χ3n) is 3.52. The predicted molar refractivity (Wildman–Crippen MR) is 96.1 cm³/mol. The second-order valence-electron chi connectivity index (χ2n) is 5.48. The molecule has 0 radical (unpaired) electrons. The maximum absolute atomic E-state index is 12.2. The summed E-state index contributed by atoms with van der Waals surface area (Å²) in [5.74, 6) is -0.561. The largest absolute Gasteiger partial charge is 0.383 e. The van der Waals surface area contributed by atoms with E-state index in [1.165, 1.54) is 24.3 Å². The van der Waals surface area contributed by atoms with Gasteiger partial charge in [0.2, 0.25) is 5.91 Å². The van der Waals surface area contributed by atoms with Crippen molar-refractivity contribution in [1.29, 1.82) is 0 Å². The van der Waals surface area contributed by atoms with E-state index in [0.29, 0.717) is 18.8 Å². The van der Waals surface area contributed by atoms with Gasteiger partial charge < -0.3 is 15.4 Å². The molecule has 2 aromatic rings. The topological polar surface area (TPSA) is 111 Å². The molecule has 0 aliphatic carbocycles. The first-order chi connectivity index (χ1) is 12.5. The number of rotatable bonds is 8. The number of benzene rings is 2. The summed E-state index contributed by atoms with van der Waals surface area (Å²) in [6, 6.07) is 12.3. The molecule has 0 aliphatic rings. The van der Waals surface area contributed by atoms with Crippen LogP contribution in [0.3, 0.4) is 0 Å². The highest BCUT2D eigenvalue weighted by Crippen LogP contribution is 2.16. The average Bonchev–Trinajstić information content (AvgIpc) is 2.63. The van der Waals surface area contributed by atoms with E-state index in [2.05, 4.69) is 10.6 Å². The summed E-state index contributed by atoms with van der Waals surface area (Å²) in [5.41, 5.74) is 1.38. The van der Waals surface area contributed by atoms with Crippen LogP contribution in [-0.2, 0) is 16.0 Å². The van der Waals surface area contributed by atoms with Crippen molar-refractivity contribution >= 4 is 23.2 Å². The minimum absolute atomic E-state index is 0.115. The van der Waals surface area contributed by atoms with Crippen LogP contribution in [0.15, 0.2) is 48.5 Å². The van der Waals surface area contributed by atoms with Crippen molar-refractivity contribution in [3.05, 3.63) is 69.8 Å². The average molecular weight is 357 g/mol. The van der Waals surface area contributed by atoms with Crippen LogP contribution in [0.1, 0.15) is 15.9 Å². The molecule has 2 rings (SSSR count). The molecule has 0 aliphatic heterocycles. The zero-order valence-corrected chi connectivity index (χ0v) is 14.2. The van der Waals surface area contributed by atoms with Crippen molar-refractivity contribution in [3.8, 4) is 0 Å². The van der Waals surface area contributed by atoms with Crippen LogP contribution in [0.2, 0.25) is 0 Å². The normalized spacial score (nSPS) is 10.2. The number of nitrogens with one attached hydrogen (secondary N) is 2. The van der Waals surface area contributed by atoms with E-state index in [1.54, 1.807) is 31.4 Å². The van der Waals surface area contributed by atoms with Gasteiger partial charge in [0.25, 0.3) is 11.6 Å². The van der Waals surface area contributed by atoms with E-state index in [0.717, 1.165) is 5.56 Å². The molecule has 0 bridgehead atoms. The van der Waals surface area contributed by atoms with Crippen LogP contribution in [0.25, 0.3) is 0 Å². The number of hydrogen-bond donors (Lipinski definition) is 2. The molecular formula is C18H19N3O5. The summed E-state index contributed by atoms with van der Waals surface area (Å²) in [7, 11) is 1.56. The van der Waals surface area contributed by atoms with Crippen molar-refractivity contribution in [2.75, 3.05) is 25.6 Å². The zero-order valence-electron chi connectivity index (χ0n) is 14.2. The number of nitrogens with zero attached hydrogens (tertiary/aromatic N) is 1. The van der Waals surface area contributed by atoms with Gasteiger partial charge in [0.05, 0.1) is 18.0 Å². The van der Waals surface area contributed by atoms with E-state index >= 15 is 0 Å². The SMILES string of the molecule is COCCNC(=O)Cc1ccc(NC(=O)c2cccc([N+](=O)[O-])c2)cc1. The maximum Gasteiger partial charge on any atom is 0.270 e. The van der Waals surface area contributed by atoms with Crippen LogP contribution in [0.5, 0.6) is 0 Å². The van der Waals surface area contributed by atoms with Crippen molar-refractivity contribution in [3.63, 3.8) is 0 Å². The Morgan fingerprint density at radius 1 is 1.15 bits per heavy atom. The van der Waals surface area contributed by atoms with E-state index in [4.69, 9.17) is 4.74 Å². The molecule has 0 aromatic heterocycles. The molecule has 136 valence electrons. The number of carbonyl (C=O) groups is 2. The third kappa shape index (κ3) is 5.67. The molecule has 8 heteroatoms. The van der Waals surface area contributed by atoms with Gasteiger partial charge >= 0.3 is 0 Å². The van der Waals surface area contributed by atoms with Crippen LogP contribution in [0.4, 0.5) is 11.4 Å². The lowest BCUT2D eigenvalue weighted by atomic mass is 10.1. The number of methoxy groups -OCH3 is 1. The Balaban J connectivity index is 1.94. The van der Waals surface area contributed by atoms with Crippen LogP contribution in [0, 0.1) is 10.1 Å². The van der Waals surface area contributed by atoms with Crippen LogP contribution in [-0.4, -0.2) is 37.0 Å². The first-order valence-electron chi connectivity index (χ1n) is 7.90. The van der Waals surface area contributed by atoms with Gasteiger partial charge in [0.1, 0.15) is 0 Å². The summed E-state index contributed by atoms with van der Waals surface area (Å²) in [4.78, 5) is 34.1. The van der Waals surface area contributed by atoms with Gasteiger partial charge in [-0.05, 0) is 23.8 Å². The van der Waals surface area contributed by atoms with Crippen molar-refractivity contribution < 1.29 is 19.2 Å². The molecule has 0 unspecified atom stereocenters.